The maximum absolute atomic E-state index is 13.0. The number of alkyl halides is 2. The summed E-state index contributed by atoms with van der Waals surface area (Å²) in [6.45, 7) is 0.175. The number of hydrogen-bond acceptors (Lipinski definition) is 9. The van der Waals surface area contributed by atoms with Crippen LogP contribution in [0.4, 0.5) is 26.6 Å². The first-order valence-electron chi connectivity index (χ1n) is 6.32. The number of halogens is 2. The highest BCUT2D eigenvalue weighted by atomic mass is 19.3. The van der Waals surface area contributed by atoms with Gasteiger partial charge in [0.2, 0.25) is 17.8 Å². The number of morpholine rings is 1. The summed E-state index contributed by atoms with van der Waals surface area (Å²) in [5.74, 6) is 2.33. The highest BCUT2D eigenvalue weighted by Gasteiger charge is 2.28. The van der Waals surface area contributed by atoms with Gasteiger partial charge in [0.1, 0.15) is 6.61 Å². The van der Waals surface area contributed by atoms with Crippen molar-refractivity contribution in [3.8, 4) is 0 Å². The summed E-state index contributed by atoms with van der Waals surface area (Å²) in [5.41, 5.74) is 2.26. The molecule has 0 spiro atoms. The molecule has 0 radical (unpaired) electrons. The van der Waals surface area contributed by atoms with Gasteiger partial charge in [0.05, 0.1) is 19.8 Å². The van der Waals surface area contributed by atoms with Crippen molar-refractivity contribution in [2.75, 3.05) is 55.1 Å². The Morgan fingerprint density at radius 1 is 1.24 bits per heavy atom. The molecule has 1 saturated heterocycles. The van der Waals surface area contributed by atoms with E-state index in [0.29, 0.717) is 32.3 Å². The van der Waals surface area contributed by atoms with E-state index in [-0.39, 0.29) is 11.9 Å². The lowest BCUT2D eigenvalue weighted by molar-refractivity contribution is -0.0374. The lowest BCUT2D eigenvalue weighted by Crippen LogP contribution is -2.38. The fraction of sp³-hybridized carbons (Fsp3) is 0.700. The Bertz CT molecular complexity index is 471. The van der Waals surface area contributed by atoms with Crippen LogP contribution in [0, 0.1) is 0 Å². The Hall–Kier alpha value is -1.85. The largest absolute Gasteiger partial charge is 0.390 e. The molecule has 1 aliphatic heterocycles. The topological polar surface area (TPSA) is 121 Å². The molecule has 2 rings (SSSR count). The van der Waals surface area contributed by atoms with Crippen LogP contribution in [0.15, 0.2) is 0 Å². The van der Waals surface area contributed by atoms with Crippen molar-refractivity contribution in [1.29, 1.82) is 0 Å². The number of hydrogen-bond donors (Lipinski definition) is 4. The highest BCUT2D eigenvalue weighted by Crippen LogP contribution is 2.17. The second kappa shape index (κ2) is 6.74. The van der Waals surface area contributed by atoms with Crippen LogP contribution in [0.2, 0.25) is 0 Å². The fourth-order valence-electron chi connectivity index (χ4n) is 1.68. The number of anilines is 3. The molecule has 0 aromatic carbocycles. The van der Waals surface area contributed by atoms with Gasteiger partial charge in [0.15, 0.2) is 0 Å². The monoisotopic (exact) mass is 305 g/mol. The van der Waals surface area contributed by atoms with E-state index in [4.69, 9.17) is 15.7 Å². The average molecular weight is 305 g/mol. The van der Waals surface area contributed by atoms with Crippen LogP contribution in [0.5, 0.6) is 0 Å². The number of rotatable bonds is 6. The van der Waals surface area contributed by atoms with Crippen LogP contribution in [0.25, 0.3) is 0 Å². The highest BCUT2D eigenvalue weighted by molar-refractivity contribution is 5.43. The lowest BCUT2D eigenvalue weighted by atomic mass is 10.3. The van der Waals surface area contributed by atoms with Gasteiger partial charge in [-0.15, -0.1) is 0 Å². The van der Waals surface area contributed by atoms with Crippen molar-refractivity contribution in [2.45, 2.75) is 5.92 Å². The predicted octanol–water partition coefficient (Wildman–Crippen LogP) is -0.967. The van der Waals surface area contributed by atoms with Gasteiger partial charge in [-0.05, 0) is 0 Å². The SMILES string of the molecule is NNc1nc(NCC(F)(F)CO)nc(N2CCOCC2)n1. The Balaban J connectivity index is 2.13. The maximum atomic E-state index is 13.0. The first-order valence-corrected chi connectivity index (χ1v) is 6.32. The van der Waals surface area contributed by atoms with Crippen LogP contribution in [-0.2, 0) is 4.74 Å². The third-order valence-electron chi connectivity index (χ3n) is 2.78. The number of nitrogen functional groups attached to an aromatic ring is 1. The van der Waals surface area contributed by atoms with E-state index >= 15 is 0 Å². The summed E-state index contributed by atoms with van der Waals surface area (Å²) >= 11 is 0. The minimum atomic E-state index is -3.26. The summed E-state index contributed by atoms with van der Waals surface area (Å²) < 4.78 is 31.3. The molecule has 1 fully saturated rings. The van der Waals surface area contributed by atoms with Crippen LogP contribution >= 0.6 is 0 Å². The van der Waals surface area contributed by atoms with E-state index in [1.807, 2.05) is 4.90 Å². The van der Waals surface area contributed by atoms with Crippen LogP contribution in [0.1, 0.15) is 0 Å². The van der Waals surface area contributed by atoms with E-state index < -0.39 is 19.1 Å². The molecule has 5 N–H and O–H groups in total. The van der Waals surface area contributed by atoms with Crippen molar-refractivity contribution < 1.29 is 18.6 Å². The second-order valence-corrected chi connectivity index (χ2v) is 4.39. The minimum Gasteiger partial charge on any atom is -0.390 e. The van der Waals surface area contributed by atoms with E-state index in [0.717, 1.165) is 0 Å². The van der Waals surface area contributed by atoms with Gasteiger partial charge in [-0.3, -0.25) is 5.43 Å². The molecule has 21 heavy (non-hydrogen) atoms. The summed E-state index contributed by atoms with van der Waals surface area (Å²) in [7, 11) is 0. The second-order valence-electron chi connectivity index (χ2n) is 4.39. The van der Waals surface area contributed by atoms with Gasteiger partial charge in [0.25, 0.3) is 5.92 Å². The molecule has 2 heterocycles. The Kier molecular flexibility index (Phi) is 4.98. The smallest absolute Gasteiger partial charge is 0.287 e. The molecular formula is C10H17F2N7O2. The van der Waals surface area contributed by atoms with Gasteiger partial charge in [-0.2, -0.15) is 15.0 Å². The standard InChI is InChI=1S/C10H17F2N7O2/c11-10(12,6-20)5-14-7-15-8(18-13)17-9(16-7)19-1-3-21-4-2-19/h20H,1-6,13H2,(H2,14,15,16,17,18). The Morgan fingerprint density at radius 2 is 1.90 bits per heavy atom. The molecule has 0 atom stereocenters. The molecule has 1 aromatic rings. The number of hydrazine groups is 1. The Morgan fingerprint density at radius 3 is 2.52 bits per heavy atom. The first kappa shape index (κ1) is 15.5. The van der Waals surface area contributed by atoms with E-state index in [9.17, 15) is 8.78 Å². The number of aromatic nitrogens is 3. The van der Waals surface area contributed by atoms with Crippen LogP contribution in [-0.4, -0.2) is 65.4 Å². The molecule has 0 amide bonds. The van der Waals surface area contributed by atoms with Crippen molar-refractivity contribution in [3.63, 3.8) is 0 Å². The number of ether oxygens (including phenoxy) is 1. The normalized spacial score (nSPS) is 15.9. The third kappa shape index (κ3) is 4.31. The van der Waals surface area contributed by atoms with Crippen LogP contribution < -0.4 is 21.5 Å². The summed E-state index contributed by atoms with van der Waals surface area (Å²) in [6, 6.07) is 0. The van der Waals surface area contributed by atoms with Gasteiger partial charge in [-0.25, -0.2) is 14.6 Å². The van der Waals surface area contributed by atoms with Gasteiger partial charge in [0, 0.05) is 13.1 Å². The minimum absolute atomic E-state index is 0.0485. The van der Waals surface area contributed by atoms with Crippen molar-refractivity contribution in [2.24, 2.45) is 5.84 Å². The molecule has 1 aromatic heterocycles. The average Bonchev–Trinajstić information content (AvgIpc) is 2.53. The quantitative estimate of drug-likeness (QED) is 0.388. The third-order valence-corrected chi connectivity index (χ3v) is 2.78. The lowest BCUT2D eigenvalue weighted by Gasteiger charge is -2.27. The van der Waals surface area contributed by atoms with Gasteiger partial charge >= 0.3 is 0 Å². The van der Waals surface area contributed by atoms with Crippen LogP contribution in [0.3, 0.4) is 0 Å². The summed E-state index contributed by atoms with van der Waals surface area (Å²) in [6.07, 6.45) is 0. The molecule has 11 heteroatoms. The van der Waals surface area contributed by atoms with Gasteiger partial charge < -0.3 is 20.1 Å². The maximum Gasteiger partial charge on any atom is 0.287 e. The number of nitrogens with one attached hydrogen (secondary N) is 2. The summed E-state index contributed by atoms with van der Waals surface area (Å²) in [5, 5.41) is 10.9. The predicted molar refractivity (Wildman–Crippen MR) is 71.2 cm³/mol. The van der Waals surface area contributed by atoms with E-state index in [1.165, 1.54) is 0 Å². The molecule has 118 valence electrons. The zero-order valence-corrected chi connectivity index (χ0v) is 11.2. The van der Waals surface area contributed by atoms with Crippen molar-refractivity contribution in [3.05, 3.63) is 0 Å². The molecule has 9 nitrogen and oxygen atoms in total. The number of nitrogens with two attached hydrogens (primary N) is 1. The molecule has 0 bridgehead atoms. The molecule has 0 unspecified atom stereocenters. The van der Waals surface area contributed by atoms with E-state index in [1.54, 1.807) is 0 Å². The number of nitrogens with zero attached hydrogens (tertiary/aromatic N) is 4. The van der Waals surface area contributed by atoms with Gasteiger partial charge in [-0.1, -0.05) is 0 Å². The molecular weight excluding hydrogens is 288 g/mol. The molecule has 0 saturated carbocycles. The van der Waals surface area contributed by atoms with Crippen molar-refractivity contribution >= 4 is 17.8 Å². The zero-order valence-electron chi connectivity index (χ0n) is 11.2. The first-order chi connectivity index (χ1) is 10.0. The number of aliphatic hydroxyl groups excluding tert-OH is 1. The number of aliphatic hydroxyl groups is 1. The molecule has 1 aliphatic rings. The Labute approximate surface area is 119 Å². The van der Waals surface area contributed by atoms with E-state index in [2.05, 4.69) is 25.7 Å². The zero-order chi connectivity index (χ0) is 15.3. The fourth-order valence-corrected chi connectivity index (χ4v) is 1.68. The van der Waals surface area contributed by atoms with Crippen molar-refractivity contribution in [1.82, 2.24) is 15.0 Å². The molecule has 0 aliphatic carbocycles. The summed E-state index contributed by atoms with van der Waals surface area (Å²) in [4.78, 5) is 13.8.